The number of hydrogen-bond donors (Lipinski definition) is 3. The third-order valence-corrected chi connectivity index (χ3v) is 6.48. The van der Waals surface area contributed by atoms with Crippen molar-refractivity contribution in [2.75, 3.05) is 23.7 Å². The highest BCUT2D eigenvalue weighted by Gasteiger charge is 2.37. The normalized spacial score (nSPS) is 20.7. The Balaban J connectivity index is 1.58. The van der Waals surface area contributed by atoms with Crippen molar-refractivity contribution in [3.8, 4) is 0 Å². The van der Waals surface area contributed by atoms with Crippen molar-refractivity contribution in [1.82, 2.24) is 25.2 Å². The van der Waals surface area contributed by atoms with Gasteiger partial charge in [0.1, 0.15) is 19.5 Å². The number of carbonyl (C=O) groups excluding carboxylic acids is 1. The number of allylic oxidation sites excluding steroid dienone is 2. The first-order valence-corrected chi connectivity index (χ1v) is 10.8. The van der Waals surface area contributed by atoms with Crippen molar-refractivity contribution in [1.29, 1.82) is 0 Å². The van der Waals surface area contributed by atoms with Gasteiger partial charge >= 0.3 is 6.03 Å². The molecule has 2 aliphatic heterocycles. The fourth-order valence-corrected chi connectivity index (χ4v) is 4.60. The van der Waals surface area contributed by atoms with Gasteiger partial charge in [-0.05, 0) is 41.6 Å². The second-order valence-corrected chi connectivity index (χ2v) is 8.47. The second kappa shape index (κ2) is 7.74. The van der Waals surface area contributed by atoms with Gasteiger partial charge in [0.2, 0.25) is 0 Å². The average Bonchev–Trinajstić information content (AvgIpc) is 3.37. The zero-order valence-corrected chi connectivity index (χ0v) is 18.3. The molecule has 4 heterocycles. The smallest absolute Gasteiger partial charge is 0.315 e. The fraction of sp³-hybridized carbons (Fsp3) is 0.261. The number of nitrogens with one attached hydrogen (secondary N) is 2. The summed E-state index contributed by atoms with van der Waals surface area (Å²) in [5, 5.41) is 10.5. The van der Waals surface area contributed by atoms with E-state index in [-0.39, 0.29) is 18.1 Å². The van der Waals surface area contributed by atoms with E-state index in [9.17, 15) is 4.79 Å². The molecule has 2 saturated heterocycles. The number of nitrogens with zero attached hydrogens (tertiary/aromatic N) is 4. The number of benzene rings is 1. The molecule has 2 aliphatic rings. The molecule has 2 fully saturated rings. The van der Waals surface area contributed by atoms with Crippen LogP contribution in [-0.2, 0) is 0 Å². The molecule has 0 radical (unpaired) electrons. The summed E-state index contributed by atoms with van der Waals surface area (Å²) < 4.78 is 1.69. The van der Waals surface area contributed by atoms with Gasteiger partial charge < -0.3 is 21.3 Å². The Morgan fingerprint density at radius 2 is 2.09 bits per heavy atom. The predicted octanol–water partition coefficient (Wildman–Crippen LogP) is 0.865. The Hall–Kier alpha value is -3.75. The average molecular weight is 427 g/mol. The Labute approximate surface area is 187 Å². The standard InChI is InChI=1S/C23H26BN7O/c1-3-14(10-15-7-5-4-6-13(15)2)16-11-26-31-20(25)19(24)22(29-21(16)31)30-9-8-17-18(12-30)28-23(32)27-17/h3-7,10-11,17-18H,1,8-9,12,24-25H2,2H3,(H2,27,28,32)/b14-10+/t17-,18+/m0/s1. The van der Waals surface area contributed by atoms with Crippen LogP contribution in [0.2, 0.25) is 0 Å². The van der Waals surface area contributed by atoms with Gasteiger partial charge in [-0.25, -0.2) is 9.78 Å². The maximum atomic E-state index is 11.7. The summed E-state index contributed by atoms with van der Waals surface area (Å²) in [5.41, 5.74) is 12.2. The first-order chi connectivity index (χ1) is 15.5. The van der Waals surface area contributed by atoms with E-state index in [2.05, 4.69) is 52.3 Å². The molecule has 2 amide bonds. The number of aryl methyl sites for hydroxylation is 1. The van der Waals surface area contributed by atoms with E-state index >= 15 is 0 Å². The zero-order valence-electron chi connectivity index (χ0n) is 18.3. The van der Waals surface area contributed by atoms with Crippen molar-refractivity contribution >= 4 is 48.3 Å². The van der Waals surface area contributed by atoms with E-state index in [1.165, 1.54) is 5.56 Å². The maximum Gasteiger partial charge on any atom is 0.315 e. The minimum Gasteiger partial charge on any atom is -0.384 e. The molecule has 9 heteroatoms. The minimum atomic E-state index is -0.100. The van der Waals surface area contributed by atoms with E-state index in [0.29, 0.717) is 18.0 Å². The van der Waals surface area contributed by atoms with Crippen LogP contribution in [0.4, 0.5) is 16.4 Å². The van der Waals surface area contributed by atoms with Gasteiger partial charge in [-0.2, -0.15) is 9.61 Å². The summed E-state index contributed by atoms with van der Waals surface area (Å²) in [6.45, 7) is 7.59. The number of rotatable bonds is 4. The maximum absolute atomic E-state index is 11.7. The molecule has 162 valence electrons. The van der Waals surface area contributed by atoms with Crippen LogP contribution in [-0.4, -0.2) is 53.6 Å². The van der Waals surface area contributed by atoms with Gasteiger partial charge in [-0.1, -0.05) is 36.9 Å². The molecule has 0 unspecified atom stereocenters. The van der Waals surface area contributed by atoms with E-state index in [1.807, 2.05) is 26.1 Å². The quantitative estimate of drug-likeness (QED) is 0.424. The molecule has 2 atom stereocenters. The number of amides is 2. The highest BCUT2D eigenvalue weighted by molar-refractivity contribution is 6.38. The zero-order chi connectivity index (χ0) is 22.4. The largest absolute Gasteiger partial charge is 0.384 e. The minimum absolute atomic E-state index is 0.0592. The van der Waals surface area contributed by atoms with Crippen LogP contribution in [0.25, 0.3) is 17.3 Å². The predicted molar refractivity (Wildman–Crippen MR) is 131 cm³/mol. The third-order valence-electron chi connectivity index (χ3n) is 6.48. The van der Waals surface area contributed by atoms with Crippen LogP contribution in [0, 0.1) is 6.92 Å². The first kappa shape index (κ1) is 20.2. The molecule has 0 spiro atoms. The van der Waals surface area contributed by atoms with Crippen LogP contribution < -0.4 is 26.7 Å². The summed E-state index contributed by atoms with van der Waals surface area (Å²) in [6.07, 6.45) is 6.57. The Kier molecular flexibility index (Phi) is 4.88. The number of aromatic nitrogens is 3. The molecular weight excluding hydrogens is 401 g/mol. The van der Waals surface area contributed by atoms with Gasteiger partial charge in [-0.3, -0.25) is 0 Å². The lowest BCUT2D eigenvalue weighted by Gasteiger charge is -2.35. The third kappa shape index (κ3) is 3.30. The van der Waals surface area contributed by atoms with Gasteiger partial charge in [0, 0.05) is 18.7 Å². The van der Waals surface area contributed by atoms with Crippen molar-refractivity contribution in [2.24, 2.45) is 0 Å². The lowest BCUT2D eigenvalue weighted by atomic mass is 9.94. The van der Waals surface area contributed by atoms with Gasteiger partial charge in [-0.15, -0.1) is 0 Å². The highest BCUT2D eigenvalue weighted by atomic mass is 16.2. The molecule has 0 bridgehead atoms. The highest BCUT2D eigenvalue weighted by Crippen LogP contribution is 2.27. The number of urea groups is 1. The topological polar surface area (TPSA) is 101 Å². The molecule has 4 N–H and O–H groups in total. The SMILES string of the molecule is Bc1c(N2CC[C@@H]3NC(=O)N[C@@H]3C2)nc2c(/C(C=C)=C/c3ccccc3C)cnn2c1N. The number of nitrogen functional groups attached to an aromatic ring is 1. The van der Waals surface area contributed by atoms with E-state index in [0.717, 1.165) is 40.9 Å². The van der Waals surface area contributed by atoms with Crippen LogP contribution in [0.3, 0.4) is 0 Å². The lowest BCUT2D eigenvalue weighted by Crippen LogP contribution is -2.52. The van der Waals surface area contributed by atoms with Gasteiger partial charge in [0.25, 0.3) is 0 Å². The monoisotopic (exact) mass is 427 g/mol. The number of hydrogen-bond acceptors (Lipinski definition) is 5. The van der Waals surface area contributed by atoms with E-state index < -0.39 is 0 Å². The Morgan fingerprint density at radius 3 is 2.88 bits per heavy atom. The molecule has 0 saturated carbocycles. The lowest BCUT2D eigenvalue weighted by molar-refractivity contribution is 0.247. The summed E-state index contributed by atoms with van der Waals surface area (Å²) in [6, 6.07) is 8.33. The molecule has 32 heavy (non-hydrogen) atoms. The van der Waals surface area contributed by atoms with Crippen molar-refractivity contribution in [2.45, 2.75) is 25.4 Å². The number of carbonyl (C=O) groups is 1. The van der Waals surface area contributed by atoms with Crippen molar-refractivity contribution in [3.05, 3.63) is 59.8 Å². The Bertz CT molecular complexity index is 1260. The molecule has 2 aromatic heterocycles. The van der Waals surface area contributed by atoms with Crippen LogP contribution >= 0.6 is 0 Å². The summed E-state index contributed by atoms with van der Waals surface area (Å²) in [5.74, 6) is 1.39. The van der Waals surface area contributed by atoms with Crippen LogP contribution in [0.15, 0.2) is 43.1 Å². The molecule has 3 aromatic rings. The summed E-state index contributed by atoms with van der Waals surface area (Å²) >= 11 is 0. The van der Waals surface area contributed by atoms with Gasteiger partial charge in [0.15, 0.2) is 5.65 Å². The van der Waals surface area contributed by atoms with Crippen molar-refractivity contribution in [3.63, 3.8) is 0 Å². The number of piperidine rings is 1. The van der Waals surface area contributed by atoms with E-state index in [4.69, 9.17) is 10.7 Å². The molecule has 1 aromatic carbocycles. The second-order valence-electron chi connectivity index (χ2n) is 8.47. The first-order valence-electron chi connectivity index (χ1n) is 10.8. The summed E-state index contributed by atoms with van der Waals surface area (Å²) in [7, 11) is 1.97. The summed E-state index contributed by atoms with van der Waals surface area (Å²) in [4.78, 5) is 19.0. The molecule has 5 rings (SSSR count). The van der Waals surface area contributed by atoms with Crippen LogP contribution in [0.1, 0.15) is 23.1 Å². The van der Waals surface area contributed by atoms with Crippen LogP contribution in [0.5, 0.6) is 0 Å². The van der Waals surface area contributed by atoms with E-state index in [1.54, 1.807) is 10.7 Å². The molecule has 8 nitrogen and oxygen atoms in total. The van der Waals surface area contributed by atoms with Crippen molar-refractivity contribution < 1.29 is 4.79 Å². The fourth-order valence-electron chi connectivity index (χ4n) is 4.60. The molecular formula is C23H26BN7O. The van der Waals surface area contributed by atoms with Gasteiger partial charge in [0.05, 0.1) is 18.3 Å². The number of fused-ring (bicyclic) bond motifs is 2. The molecule has 0 aliphatic carbocycles. The number of nitrogens with two attached hydrogens (primary N) is 1. The number of anilines is 2. The Morgan fingerprint density at radius 1 is 1.31 bits per heavy atom.